The van der Waals surface area contributed by atoms with Crippen molar-refractivity contribution in [2.75, 3.05) is 0 Å². The number of H-pyrrole nitrogens is 1. The third-order valence-corrected chi connectivity index (χ3v) is 1.29. The van der Waals surface area contributed by atoms with E-state index in [4.69, 9.17) is 5.73 Å². The highest BCUT2D eigenvalue weighted by Gasteiger charge is 2.04. The molecule has 0 aliphatic rings. The first-order valence-electron chi connectivity index (χ1n) is 3.28. The first kappa shape index (κ1) is 9.17. The van der Waals surface area contributed by atoms with E-state index in [2.05, 4.69) is 0 Å². The lowest BCUT2D eigenvalue weighted by atomic mass is 10.5. The summed E-state index contributed by atoms with van der Waals surface area (Å²) in [4.78, 5) is 33.4. The van der Waals surface area contributed by atoms with Crippen molar-refractivity contribution in [3.05, 3.63) is 32.9 Å². The van der Waals surface area contributed by atoms with Crippen LogP contribution < -0.4 is 17.0 Å². The number of nitrogens with zero attached hydrogens (tertiary/aromatic N) is 1. The molecule has 1 amide bonds. The molecular weight excluding hydrogens is 181 g/mol. The molecule has 0 atom stereocenters. The van der Waals surface area contributed by atoms with Gasteiger partial charge in [-0.15, -0.1) is 0 Å². The SMILES string of the molecule is NC(=O)Cn1cc(F)c(=O)[nH]c1=O. The van der Waals surface area contributed by atoms with Gasteiger partial charge in [-0.25, -0.2) is 4.79 Å². The quantitative estimate of drug-likeness (QED) is 0.569. The maximum atomic E-state index is 12.6. The van der Waals surface area contributed by atoms with Gasteiger partial charge in [0.25, 0.3) is 5.56 Å². The number of hydrogen-bond donors (Lipinski definition) is 2. The molecule has 3 N–H and O–H groups in total. The van der Waals surface area contributed by atoms with Gasteiger partial charge in [-0.1, -0.05) is 0 Å². The summed E-state index contributed by atoms with van der Waals surface area (Å²) < 4.78 is 13.2. The van der Waals surface area contributed by atoms with Crippen LogP contribution in [-0.4, -0.2) is 15.5 Å². The van der Waals surface area contributed by atoms with Crippen LogP contribution in [0, 0.1) is 5.82 Å². The molecule has 0 radical (unpaired) electrons. The van der Waals surface area contributed by atoms with E-state index < -0.39 is 29.5 Å². The van der Waals surface area contributed by atoms with E-state index in [1.807, 2.05) is 0 Å². The van der Waals surface area contributed by atoms with E-state index in [-0.39, 0.29) is 0 Å². The standard InChI is InChI=1S/C6H6FN3O3/c7-3-1-10(2-4(8)11)6(13)9-5(3)12/h1H,2H2,(H2,8,11)(H,9,12,13). The molecule has 1 rings (SSSR count). The molecule has 0 saturated heterocycles. The molecule has 13 heavy (non-hydrogen) atoms. The molecule has 1 heterocycles. The third kappa shape index (κ3) is 2.01. The molecule has 0 unspecified atom stereocenters. The molecule has 0 spiro atoms. The van der Waals surface area contributed by atoms with Crippen molar-refractivity contribution in [3.8, 4) is 0 Å². The second kappa shape index (κ2) is 3.21. The van der Waals surface area contributed by atoms with Crippen LogP contribution in [0.25, 0.3) is 0 Å². The predicted octanol–water partition coefficient (Wildman–Crippen LogP) is -1.84. The average Bonchev–Trinajstić information content (AvgIpc) is 1.99. The van der Waals surface area contributed by atoms with Gasteiger partial charge < -0.3 is 5.73 Å². The van der Waals surface area contributed by atoms with Gasteiger partial charge in [0.15, 0.2) is 0 Å². The van der Waals surface area contributed by atoms with Gasteiger partial charge in [0, 0.05) is 0 Å². The smallest absolute Gasteiger partial charge is 0.328 e. The number of nitrogens with one attached hydrogen (secondary N) is 1. The van der Waals surface area contributed by atoms with E-state index >= 15 is 0 Å². The Morgan fingerprint density at radius 1 is 1.62 bits per heavy atom. The Hall–Kier alpha value is -1.92. The molecule has 0 aliphatic heterocycles. The summed E-state index contributed by atoms with van der Waals surface area (Å²) in [6, 6.07) is 0. The van der Waals surface area contributed by atoms with Crippen LogP contribution in [0.15, 0.2) is 15.8 Å². The minimum absolute atomic E-state index is 0.466. The summed E-state index contributed by atoms with van der Waals surface area (Å²) in [6.07, 6.45) is 0.631. The second-order valence-corrected chi connectivity index (χ2v) is 2.33. The highest BCUT2D eigenvalue weighted by molar-refractivity contribution is 5.73. The normalized spacial score (nSPS) is 9.92. The van der Waals surface area contributed by atoms with Gasteiger partial charge in [0.05, 0.1) is 6.20 Å². The van der Waals surface area contributed by atoms with Crippen LogP contribution in [0.1, 0.15) is 0 Å². The van der Waals surface area contributed by atoms with Crippen molar-refractivity contribution in [1.29, 1.82) is 0 Å². The Balaban J connectivity index is 3.24. The van der Waals surface area contributed by atoms with Gasteiger partial charge in [-0.2, -0.15) is 4.39 Å². The molecule has 0 aliphatic carbocycles. The first-order valence-corrected chi connectivity index (χ1v) is 3.28. The number of carbonyl (C=O) groups excluding carboxylic acids is 1. The molecule has 1 aromatic rings. The van der Waals surface area contributed by atoms with Crippen molar-refractivity contribution in [2.45, 2.75) is 6.54 Å². The maximum absolute atomic E-state index is 12.6. The summed E-state index contributed by atoms with van der Waals surface area (Å²) in [5.41, 5.74) is 2.78. The third-order valence-electron chi connectivity index (χ3n) is 1.29. The monoisotopic (exact) mass is 187 g/mol. The summed E-state index contributed by atoms with van der Waals surface area (Å²) in [5.74, 6) is -1.94. The molecule has 1 aromatic heterocycles. The average molecular weight is 187 g/mol. The Morgan fingerprint density at radius 2 is 2.23 bits per heavy atom. The van der Waals surface area contributed by atoms with Crippen molar-refractivity contribution >= 4 is 5.91 Å². The van der Waals surface area contributed by atoms with Gasteiger partial charge >= 0.3 is 5.69 Å². The van der Waals surface area contributed by atoms with Crippen LogP contribution >= 0.6 is 0 Å². The van der Waals surface area contributed by atoms with Gasteiger partial charge in [-0.3, -0.25) is 19.1 Å². The van der Waals surface area contributed by atoms with Crippen molar-refractivity contribution < 1.29 is 9.18 Å². The van der Waals surface area contributed by atoms with Crippen LogP contribution in [0.4, 0.5) is 4.39 Å². The molecule has 0 aromatic carbocycles. The number of rotatable bonds is 2. The zero-order chi connectivity index (χ0) is 10.0. The number of carbonyl (C=O) groups is 1. The van der Waals surface area contributed by atoms with Crippen molar-refractivity contribution in [2.24, 2.45) is 5.73 Å². The number of aromatic nitrogens is 2. The molecule has 70 valence electrons. The summed E-state index contributed by atoms with van der Waals surface area (Å²) >= 11 is 0. The fourth-order valence-corrected chi connectivity index (χ4v) is 0.768. The number of aromatic amines is 1. The van der Waals surface area contributed by atoms with E-state index in [9.17, 15) is 18.8 Å². The predicted molar refractivity (Wildman–Crippen MR) is 40.5 cm³/mol. The van der Waals surface area contributed by atoms with E-state index in [0.717, 1.165) is 0 Å². The number of halogens is 1. The summed E-state index contributed by atoms with van der Waals surface area (Å²) in [7, 11) is 0. The van der Waals surface area contributed by atoms with Gasteiger partial charge in [0.1, 0.15) is 6.54 Å². The van der Waals surface area contributed by atoms with Gasteiger partial charge in [0.2, 0.25) is 11.7 Å². The largest absolute Gasteiger partial charge is 0.368 e. The highest BCUT2D eigenvalue weighted by atomic mass is 19.1. The van der Waals surface area contributed by atoms with Gasteiger partial charge in [-0.05, 0) is 0 Å². The maximum Gasteiger partial charge on any atom is 0.328 e. The van der Waals surface area contributed by atoms with E-state index in [1.165, 1.54) is 0 Å². The number of primary amides is 1. The Morgan fingerprint density at radius 3 is 2.77 bits per heavy atom. The molecule has 0 saturated carbocycles. The first-order chi connectivity index (χ1) is 6.00. The van der Waals surface area contributed by atoms with E-state index in [0.29, 0.717) is 10.8 Å². The minimum Gasteiger partial charge on any atom is -0.368 e. The fraction of sp³-hybridized carbons (Fsp3) is 0.167. The van der Waals surface area contributed by atoms with Crippen LogP contribution in [0.2, 0.25) is 0 Å². The minimum atomic E-state index is -1.14. The molecule has 6 nitrogen and oxygen atoms in total. The van der Waals surface area contributed by atoms with Crippen LogP contribution in [0.3, 0.4) is 0 Å². The molecular formula is C6H6FN3O3. The second-order valence-electron chi connectivity index (χ2n) is 2.33. The Kier molecular flexibility index (Phi) is 2.27. The molecule has 7 heteroatoms. The molecule has 0 bridgehead atoms. The summed E-state index contributed by atoms with van der Waals surface area (Å²) in [6.45, 7) is -0.466. The lowest BCUT2D eigenvalue weighted by Crippen LogP contribution is -2.34. The lowest BCUT2D eigenvalue weighted by Gasteiger charge is -1.99. The number of nitrogens with two attached hydrogens (primary N) is 1. The van der Waals surface area contributed by atoms with Crippen molar-refractivity contribution in [1.82, 2.24) is 9.55 Å². The van der Waals surface area contributed by atoms with E-state index in [1.54, 1.807) is 4.98 Å². The lowest BCUT2D eigenvalue weighted by molar-refractivity contribution is -0.118. The Labute approximate surface area is 70.8 Å². The topological polar surface area (TPSA) is 97.9 Å². The van der Waals surface area contributed by atoms with Crippen LogP contribution in [0.5, 0.6) is 0 Å². The zero-order valence-corrected chi connectivity index (χ0v) is 6.41. The van der Waals surface area contributed by atoms with Crippen molar-refractivity contribution in [3.63, 3.8) is 0 Å². The van der Waals surface area contributed by atoms with Crippen LogP contribution in [-0.2, 0) is 11.3 Å². The summed E-state index contributed by atoms with van der Waals surface area (Å²) in [5, 5.41) is 0. The molecule has 0 fully saturated rings. The highest BCUT2D eigenvalue weighted by Crippen LogP contribution is 1.82. The number of hydrogen-bond acceptors (Lipinski definition) is 3. The zero-order valence-electron chi connectivity index (χ0n) is 6.41. The number of amides is 1. The Bertz CT molecular complexity index is 447. The fourth-order valence-electron chi connectivity index (χ4n) is 0.768.